The summed E-state index contributed by atoms with van der Waals surface area (Å²) < 4.78 is 34.2. The van der Waals surface area contributed by atoms with E-state index in [-0.39, 0.29) is 35.2 Å². The first-order valence-electron chi connectivity index (χ1n) is 12.4. The van der Waals surface area contributed by atoms with Crippen LogP contribution in [0, 0.1) is 17.6 Å². The number of nitrogens with one attached hydrogen (secondary N) is 1. The SMILES string of the molecule is C[C@H]1C(C(=O)NC(c2cccc(F)c2)C2CC2)c2cccc(F)c2C(=O)N1CCN1CCOCC1. The number of carbonyl (C=O) groups is 2. The quantitative estimate of drug-likeness (QED) is 0.655. The van der Waals surface area contributed by atoms with Crippen molar-refractivity contribution in [3.05, 3.63) is 70.8 Å². The van der Waals surface area contributed by atoms with E-state index in [2.05, 4.69) is 10.2 Å². The van der Waals surface area contributed by atoms with Gasteiger partial charge in [0.25, 0.3) is 5.91 Å². The molecule has 2 aliphatic heterocycles. The molecule has 3 atom stereocenters. The Hall–Kier alpha value is -2.84. The molecule has 2 amide bonds. The zero-order valence-corrected chi connectivity index (χ0v) is 19.9. The van der Waals surface area contributed by atoms with E-state index < -0.39 is 17.8 Å². The van der Waals surface area contributed by atoms with Crippen LogP contribution in [0.2, 0.25) is 0 Å². The summed E-state index contributed by atoms with van der Waals surface area (Å²) >= 11 is 0. The second-order valence-electron chi connectivity index (χ2n) is 9.75. The van der Waals surface area contributed by atoms with Gasteiger partial charge in [-0.1, -0.05) is 24.3 Å². The molecule has 3 aliphatic rings. The number of nitrogens with zero attached hydrogens (tertiary/aromatic N) is 2. The molecule has 2 aromatic carbocycles. The molecule has 0 spiro atoms. The van der Waals surface area contributed by atoms with Crippen molar-refractivity contribution < 1.29 is 23.1 Å². The molecule has 2 heterocycles. The van der Waals surface area contributed by atoms with Crippen LogP contribution >= 0.6 is 0 Å². The van der Waals surface area contributed by atoms with Crippen LogP contribution in [0.3, 0.4) is 0 Å². The summed E-state index contributed by atoms with van der Waals surface area (Å²) in [5.74, 6) is -2.09. The Morgan fingerprint density at radius 1 is 1.11 bits per heavy atom. The molecule has 2 aromatic rings. The first kappa shape index (κ1) is 23.9. The fraction of sp³-hybridized carbons (Fsp3) is 0.481. The largest absolute Gasteiger partial charge is 0.379 e. The lowest BCUT2D eigenvalue weighted by molar-refractivity contribution is -0.125. The first-order chi connectivity index (χ1) is 16.9. The molecule has 1 N–H and O–H groups in total. The van der Waals surface area contributed by atoms with E-state index >= 15 is 0 Å². The number of fused-ring (bicyclic) bond motifs is 1. The second kappa shape index (κ2) is 10.0. The lowest BCUT2D eigenvalue weighted by Crippen LogP contribution is -2.54. The third-order valence-electron chi connectivity index (χ3n) is 7.47. The molecule has 8 heteroatoms. The van der Waals surface area contributed by atoms with Crippen LogP contribution in [0.5, 0.6) is 0 Å². The van der Waals surface area contributed by atoms with Crippen LogP contribution in [0.15, 0.2) is 42.5 Å². The Morgan fingerprint density at radius 3 is 2.57 bits per heavy atom. The molecule has 186 valence electrons. The van der Waals surface area contributed by atoms with Crippen molar-refractivity contribution in [1.29, 1.82) is 0 Å². The number of benzene rings is 2. The Kier molecular flexibility index (Phi) is 6.84. The fourth-order valence-electron chi connectivity index (χ4n) is 5.38. The molecular weight excluding hydrogens is 452 g/mol. The Morgan fingerprint density at radius 2 is 1.86 bits per heavy atom. The molecule has 0 radical (unpaired) electrons. The monoisotopic (exact) mass is 483 g/mol. The van der Waals surface area contributed by atoms with Gasteiger partial charge in [0, 0.05) is 32.2 Å². The Labute approximate surface area is 204 Å². The highest BCUT2D eigenvalue weighted by molar-refractivity contribution is 6.01. The zero-order chi connectivity index (χ0) is 24.5. The van der Waals surface area contributed by atoms with Gasteiger partial charge in [-0.25, -0.2) is 8.78 Å². The van der Waals surface area contributed by atoms with E-state index in [4.69, 9.17) is 4.74 Å². The van der Waals surface area contributed by atoms with Crippen molar-refractivity contribution in [2.24, 2.45) is 5.92 Å². The van der Waals surface area contributed by atoms with E-state index in [0.717, 1.165) is 31.5 Å². The molecule has 35 heavy (non-hydrogen) atoms. The summed E-state index contributed by atoms with van der Waals surface area (Å²) in [4.78, 5) is 30.9. The smallest absolute Gasteiger partial charge is 0.257 e. The van der Waals surface area contributed by atoms with Crippen LogP contribution < -0.4 is 5.32 Å². The molecule has 1 saturated carbocycles. The molecule has 2 unspecified atom stereocenters. The Bertz CT molecular complexity index is 1100. The van der Waals surface area contributed by atoms with Crippen molar-refractivity contribution in [2.75, 3.05) is 39.4 Å². The summed E-state index contributed by atoms with van der Waals surface area (Å²) in [5.41, 5.74) is 1.11. The van der Waals surface area contributed by atoms with Crippen LogP contribution in [0.1, 0.15) is 53.2 Å². The minimum absolute atomic E-state index is 0.0264. The average Bonchev–Trinajstić information content (AvgIpc) is 3.68. The molecule has 2 fully saturated rings. The summed E-state index contributed by atoms with van der Waals surface area (Å²) in [5, 5.41) is 3.13. The molecular formula is C27H31F2N3O3. The molecule has 0 aromatic heterocycles. The lowest BCUT2D eigenvalue weighted by Gasteiger charge is -2.41. The maximum absolute atomic E-state index is 14.9. The third kappa shape index (κ3) is 4.95. The predicted octanol–water partition coefficient (Wildman–Crippen LogP) is 3.49. The van der Waals surface area contributed by atoms with Gasteiger partial charge in [0.05, 0.1) is 30.7 Å². The van der Waals surface area contributed by atoms with Gasteiger partial charge < -0.3 is 15.0 Å². The highest BCUT2D eigenvalue weighted by Gasteiger charge is 2.44. The second-order valence-corrected chi connectivity index (χ2v) is 9.75. The van der Waals surface area contributed by atoms with E-state index in [9.17, 15) is 18.4 Å². The Balaban J connectivity index is 1.42. The fourth-order valence-corrected chi connectivity index (χ4v) is 5.38. The van der Waals surface area contributed by atoms with Crippen molar-refractivity contribution in [2.45, 2.75) is 37.8 Å². The van der Waals surface area contributed by atoms with Crippen molar-refractivity contribution in [3.8, 4) is 0 Å². The minimum Gasteiger partial charge on any atom is -0.379 e. The third-order valence-corrected chi connectivity index (χ3v) is 7.47. The van der Waals surface area contributed by atoms with Crippen molar-refractivity contribution in [1.82, 2.24) is 15.1 Å². The number of morpholine rings is 1. The van der Waals surface area contributed by atoms with Gasteiger partial charge in [-0.05, 0) is 55.0 Å². The van der Waals surface area contributed by atoms with Crippen LogP contribution in [0.25, 0.3) is 0 Å². The number of amides is 2. The van der Waals surface area contributed by atoms with E-state index in [1.54, 1.807) is 23.1 Å². The van der Waals surface area contributed by atoms with Crippen molar-refractivity contribution >= 4 is 11.8 Å². The van der Waals surface area contributed by atoms with Gasteiger partial charge in [0.2, 0.25) is 5.91 Å². The van der Waals surface area contributed by atoms with Crippen molar-refractivity contribution in [3.63, 3.8) is 0 Å². The maximum atomic E-state index is 14.9. The summed E-state index contributed by atoms with van der Waals surface area (Å²) in [6, 6.07) is 10.0. The van der Waals surface area contributed by atoms with Gasteiger partial charge in [0.1, 0.15) is 11.6 Å². The van der Waals surface area contributed by atoms with Gasteiger partial charge in [-0.3, -0.25) is 14.5 Å². The van der Waals surface area contributed by atoms with Gasteiger partial charge in [0.15, 0.2) is 0 Å². The molecule has 6 nitrogen and oxygen atoms in total. The van der Waals surface area contributed by atoms with Gasteiger partial charge in [-0.2, -0.15) is 0 Å². The first-order valence-corrected chi connectivity index (χ1v) is 12.4. The lowest BCUT2D eigenvalue weighted by atomic mass is 9.82. The topological polar surface area (TPSA) is 61.9 Å². The molecule has 5 rings (SSSR count). The van der Waals surface area contributed by atoms with Crippen LogP contribution in [0.4, 0.5) is 8.78 Å². The number of rotatable bonds is 7. The molecule has 1 saturated heterocycles. The van der Waals surface area contributed by atoms with Crippen LogP contribution in [-0.2, 0) is 9.53 Å². The predicted molar refractivity (Wildman–Crippen MR) is 127 cm³/mol. The number of carbonyl (C=O) groups excluding carboxylic acids is 2. The highest BCUT2D eigenvalue weighted by Crippen LogP contribution is 2.42. The zero-order valence-electron chi connectivity index (χ0n) is 19.9. The number of ether oxygens (including phenoxy) is 1. The standard InChI is InChI=1S/C27H31F2N3O3/c1-17-23(26(33)30-25(18-8-9-18)19-4-2-5-20(28)16-19)21-6-3-7-22(29)24(21)27(34)32(17)11-10-31-12-14-35-15-13-31/h2-7,16-18,23,25H,8-15H2,1H3,(H,30,33)/t17-,23?,25?/m0/s1. The summed E-state index contributed by atoms with van der Waals surface area (Å²) in [6.45, 7) is 5.73. The maximum Gasteiger partial charge on any atom is 0.257 e. The van der Waals surface area contributed by atoms with E-state index in [1.807, 2.05) is 13.0 Å². The normalized spacial score (nSPS) is 23.6. The molecule has 1 aliphatic carbocycles. The van der Waals surface area contributed by atoms with E-state index in [1.165, 1.54) is 18.2 Å². The van der Waals surface area contributed by atoms with E-state index in [0.29, 0.717) is 31.9 Å². The van der Waals surface area contributed by atoms with Crippen LogP contribution in [-0.4, -0.2) is 67.0 Å². The summed E-state index contributed by atoms with van der Waals surface area (Å²) in [7, 11) is 0. The average molecular weight is 484 g/mol. The van der Waals surface area contributed by atoms with Gasteiger partial charge in [-0.15, -0.1) is 0 Å². The van der Waals surface area contributed by atoms with Gasteiger partial charge >= 0.3 is 0 Å². The number of hydrogen-bond acceptors (Lipinski definition) is 4. The number of hydrogen-bond donors (Lipinski definition) is 1. The molecule has 0 bridgehead atoms. The minimum atomic E-state index is -0.724. The highest BCUT2D eigenvalue weighted by atomic mass is 19.1. The summed E-state index contributed by atoms with van der Waals surface area (Å²) in [6.07, 6.45) is 1.91. The number of halogens is 2.